The van der Waals surface area contributed by atoms with E-state index in [-0.39, 0.29) is 10.6 Å². The molecule has 0 aliphatic rings. The summed E-state index contributed by atoms with van der Waals surface area (Å²) in [4.78, 5) is -0.218. The van der Waals surface area contributed by atoms with Crippen molar-refractivity contribution in [1.82, 2.24) is 0 Å². The van der Waals surface area contributed by atoms with Crippen molar-refractivity contribution in [2.75, 3.05) is 24.1 Å². The minimum absolute atomic E-state index is 0.218. The molecule has 0 radical (unpaired) electrons. The van der Waals surface area contributed by atoms with Crippen LogP contribution in [0.3, 0.4) is 0 Å². The highest BCUT2D eigenvalue weighted by Crippen LogP contribution is 2.23. The summed E-state index contributed by atoms with van der Waals surface area (Å²) >= 11 is 0. The van der Waals surface area contributed by atoms with Gasteiger partial charge in [-0.25, -0.2) is 0 Å². The second-order valence-corrected chi connectivity index (χ2v) is 4.69. The number of nitrogens with one attached hydrogen (secondary N) is 1. The maximum atomic E-state index is 11.1. The van der Waals surface area contributed by atoms with E-state index in [0.29, 0.717) is 25.2 Å². The van der Waals surface area contributed by atoms with Gasteiger partial charge in [0.25, 0.3) is 10.1 Å². The van der Waals surface area contributed by atoms with Crippen LogP contribution in [0.2, 0.25) is 0 Å². The van der Waals surface area contributed by atoms with Crippen LogP contribution in [0.25, 0.3) is 0 Å². The molecule has 0 aliphatic carbocycles. The average Bonchev–Trinajstić information content (AvgIpc) is 2.19. The Morgan fingerprint density at radius 1 is 1.38 bits per heavy atom. The molecule has 6 nitrogen and oxygen atoms in total. The second kappa shape index (κ2) is 5.15. The molecular formula is C9H15N3O3S. The van der Waals surface area contributed by atoms with Gasteiger partial charge in [0.15, 0.2) is 0 Å². The molecule has 0 saturated carbocycles. The zero-order valence-corrected chi connectivity index (χ0v) is 9.50. The van der Waals surface area contributed by atoms with Crippen LogP contribution in [0, 0.1) is 0 Å². The summed E-state index contributed by atoms with van der Waals surface area (Å²) in [5.74, 6) is 0. The third-order valence-electron chi connectivity index (χ3n) is 1.98. The largest absolute Gasteiger partial charge is 0.399 e. The van der Waals surface area contributed by atoms with Crippen molar-refractivity contribution in [1.29, 1.82) is 0 Å². The van der Waals surface area contributed by atoms with Crippen molar-refractivity contribution in [3.63, 3.8) is 0 Å². The molecule has 0 aliphatic heterocycles. The van der Waals surface area contributed by atoms with Crippen molar-refractivity contribution >= 4 is 21.5 Å². The van der Waals surface area contributed by atoms with Crippen molar-refractivity contribution in [2.24, 2.45) is 5.73 Å². The number of nitrogen functional groups attached to an aromatic ring is 1. The average molecular weight is 245 g/mol. The number of hydrogen-bond donors (Lipinski definition) is 4. The first-order valence-electron chi connectivity index (χ1n) is 4.76. The molecule has 0 saturated heterocycles. The van der Waals surface area contributed by atoms with E-state index in [4.69, 9.17) is 16.0 Å². The van der Waals surface area contributed by atoms with Gasteiger partial charge < -0.3 is 16.8 Å². The molecule has 0 bridgehead atoms. The molecule has 0 spiro atoms. The fourth-order valence-electron chi connectivity index (χ4n) is 1.22. The molecular weight excluding hydrogens is 230 g/mol. The van der Waals surface area contributed by atoms with Crippen LogP contribution >= 0.6 is 0 Å². The third kappa shape index (κ3) is 3.37. The SMILES string of the molecule is NCCCNc1ccc(N)cc1S(=O)(=O)O. The lowest BCUT2D eigenvalue weighted by Crippen LogP contribution is -2.11. The maximum absolute atomic E-state index is 11.1. The summed E-state index contributed by atoms with van der Waals surface area (Å²) in [5.41, 5.74) is 11.4. The van der Waals surface area contributed by atoms with Gasteiger partial charge >= 0.3 is 0 Å². The second-order valence-electron chi connectivity index (χ2n) is 3.30. The third-order valence-corrected chi connectivity index (χ3v) is 2.87. The van der Waals surface area contributed by atoms with Crippen LogP contribution in [0.5, 0.6) is 0 Å². The van der Waals surface area contributed by atoms with Crippen LogP contribution in [0.4, 0.5) is 11.4 Å². The summed E-state index contributed by atoms with van der Waals surface area (Å²) in [6, 6.07) is 4.27. The van der Waals surface area contributed by atoms with Crippen LogP contribution in [-0.4, -0.2) is 26.1 Å². The van der Waals surface area contributed by atoms with Gasteiger partial charge in [-0.15, -0.1) is 0 Å². The van der Waals surface area contributed by atoms with Crippen LogP contribution in [0.15, 0.2) is 23.1 Å². The van der Waals surface area contributed by atoms with E-state index >= 15 is 0 Å². The number of rotatable bonds is 5. The Bertz CT molecular complexity index is 459. The van der Waals surface area contributed by atoms with Crippen molar-refractivity contribution in [3.05, 3.63) is 18.2 Å². The van der Waals surface area contributed by atoms with E-state index in [9.17, 15) is 8.42 Å². The van der Waals surface area contributed by atoms with Gasteiger partial charge in [0.05, 0.1) is 5.69 Å². The highest BCUT2D eigenvalue weighted by molar-refractivity contribution is 7.86. The fraction of sp³-hybridized carbons (Fsp3) is 0.333. The molecule has 90 valence electrons. The molecule has 0 heterocycles. The zero-order valence-electron chi connectivity index (χ0n) is 8.68. The summed E-state index contributed by atoms with van der Waals surface area (Å²) in [7, 11) is -4.27. The number of nitrogens with two attached hydrogens (primary N) is 2. The molecule has 16 heavy (non-hydrogen) atoms. The molecule has 0 aromatic heterocycles. The van der Waals surface area contributed by atoms with Gasteiger partial charge in [0.2, 0.25) is 0 Å². The predicted molar refractivity (Wildman–Crippen MR) is 62.8 cm³/mol. The Morgan fingerprint density at radius 2 is 2.06 bits per heavy atom. The summed E-state index contributed by atoms with van der Waals surface area (Å²) in [5, 5.41) is 2.87. The van der Waals surface area contributed by atoms with Crippen LogP contribution in [0.1, 0.15) is 6.42 Å². The normalized spacial score (nSPS) is 11.4. The number of anilines is 2. The van der Waals surface area contributed by atoms with E-state index < -0.39 is 10.1 Å². The minimum atomic E-state index is -4.27. The molecule has 7 heteroatoms. The first kappa shape index (κ1) is 12.8. The molecule has 1 aromatic carbocycles. The van der Waals surface area contributed by atoms with Gasteiger partial charge in [0, 0.05) is 12.2 Å². The highest BCUT2D eigenvalue weighted by Gasteiger charge is 2.15. The zero-order chi connectivity index (χ0) is 12.2. The topological polar surface area (TPSA) is 118 Å². The minimum Gasteiger partial charge on any atom is -0.399 e. The predicted octanol–water partition coefficient (Wildman–Crippen LogP) is 0.276. The Balaban J connectivity index is 2.99. The van der Waals surface area contributed by atoms with Gasteiger partial charge in [-0.05, 0) is 31.2 Å². The van der Waals surface area contributed by atoms with Crippen molar-refractivity contribution in [2.45, 2.75) is 11.3 Å². The van der Waals surface area contributed by atoms with Crippen LogP contribution < -0.4 is 16.8 Å². The lowest BCUT2D eigenvalue weighted by atomic mass is 10.3. The van der Waals surface area contributed by atoms with Crippen molar-refractivity contribution < 1.29 is 13.0 Å². The van der Waals surface area contributed by atoms with E-state index in [0.717, 1.165) is 0 Å². The van der Waals surface area contributed by atoms with Crippen LogP contribution in [-0.2, 0) is 10.1 Å². The first-order chi connectivity index (χ1) is 7.45. The number of hydrogen-bond acceptors (Lipinski definition) is 5. The Labute approximate surface area is 94.4 Å². The van der Waals surface area contributed by atoms with Gasteiger partial charge in [-0.1, -0.05) is 0 Å². The lowest BCUT2D eigenvalue weighted by molar-refractivity contribution is 0.483. The van der Waals surface area contributed by atoms with Crippen molar-refractivity contribution in [3.8, 4) is 0 Å². The highest BCUT2D eigenvalue weighted by atomic mass is 32.2. The standard InChI is InChI=1S/C9H15N3O3S/c10-4-1-5-12-8-3-2-7(11)6-9(8)16(13,14)15/h2-3,6,12H,1,4-5,10-11H2,(H,13,14,15). The smallest absolute Gasteiger partial charge is 0.296 e. The molecule has 1 aromatic rings. The van der Waals surface area contributed by atoms with Gasteiger partial charge in [-0.3, -0.25) is 4.55 Å². The number of benzene rings is 1. The molecule has 0 amide bonds. The van der Waals surface area contributed by atoms with Gasteiger partial charge in [-0.2, -0.15) is 8.42 Å². The molecule has 6 N–H and O–H groups in total. The van der Waals surface area contributed by atoms with E-state index in [1.54, 1.807) is 6.07 Å². The van der Waals surface area contributed by atoms with E-state index in [1.165, 1.54) is 12.1 Å². The fourth-order valence-corrected chi connectivity index (χ4v) is 1.93. The summed E-state index contributed by atoms with van der Waals surface area (Å²) in [6.07, 6.45) is 0.704. The Morgan fingerprint density at radius 3 is 2.62 bits per heavy atom. The summed E-state index contributed by atoms with van der Waals surface area (Å²) in [6.45, 7) is 1.03. The monoisotopic (exact) mass is 245 g/mol. The van der Waals surface area contributed by atoms with E-state index in [2.05, 4.69) is 5.32 Å². The quantitative estimate of drug-likeness (QED) is 0.336. The summed E-state index contributed by atoms with van der Waals surface area (Å²) < 4.78 is 31.2. The van der Waals surface area contributed by atoms with E-state index in [1.807, 2.05) is 0 Å². The Hall–Kier alpha value is -1.31. The first-order valence-corrected chi connectivity index (χ1v) is 6.20. The molecule has 1 rings (SSSR count). The molecule has 0 atom stereocenters. The molecule has 0 fully saturated rings. The maximum Gasteiger partial charge on any atom is 0.296 e. The van der Waals surface area contributed by atoms with Gasteiger partial charge in [0.1, 0.15) is 4.90 Å². The Kier molecular flexibility index (Phi) is 4.11. The molecule has 0 unspecified atom stereocenters. The lowest BCUT2D eigenvalue weighted by Gasteiger charge is -2.10.